The molecule has 0 unspecified atom stereocenters. The van der Waals surface area contributed by atoms with E-state index in [9.17, 15) is 4.79 Å². The van der Waals surface area contributed by atoms with E-state index < -0.39 is 5.91 Å². The van der Waals surface area contributed by atoms with Gasteiger partial charge < -0.3 is 5.73 Å². The molecule has 0 aliphatic carbocycles. The van der Waals surface area contributed by atoms with Gasteiger partial charge in [-0.3, -0.25) is 4.79 Å². The molecule has 1 amide bonds. The molecule has 1 heterocycles. The van der Waals surface area contributed by atoms with E-state index >= 15 is 0 Å². The van der Waals surface area contributed by atoms with E-state index in [2.05, 4.69) is 16.6 Å². The van der Waals surface area contributed by atoms with Crippen LogP contribution in [-0.4, -0.2) is 10.9 Å². The summed E-state index contributed by atoms with van der Waals surface area (Å²) in [5.74, 6) is -0.603. The lowest BCUT2D eigenvalue weighted by molar-refractivity contribution is 0.0992. The molecule has 0 fully saturated rings. The number of hydrogen-bond acceptors (Lipinski definition) is 4. The Bertz CT molecular complexity index is 318. The molecule has 6 heteroatoms. The van der Waals surface area contributed by atoms with Crippen molar-refractivity contribution in [2.24, 2.45) is 5.73 Å². The third-order valence-corrected chi connectivity index (χ3v) is 2.48. The van der Waals surface area contributed by atoms with Crippen molar-refractivity contribution in [2.75, 3.05) is 0 Å². The van der Waals surface area contributed by atoms with Crippen LogP contribution in [0.2, 0.25) is 5.15 Å². The van der Waals surface area contributed by atoms with Crippen molar-refractivity contribution in [3.05, 3.63) is 23.0 Å². The summed E-state index contributed by atoms with van der Waals surface area (Å²) in [5.41, 5.74) is 5.21. The molecule has 0 aromatic carbocycles. The van der Waals surface area contributed by atoms with E-state index in [0.29, 0.717) is 4.90 Å². The Kier molecular flexibility index (Phi) is 3.25. The van der Waals surface area contributed by atoms with Crippen LogP contribution in [-0.2, 0) is 0 Å². The number of primary amides is 1. The second-order valence-electron chi connectivity index (χ2n) is 1.94. The molecule has 0 saturated heterocycles. The molecule has 12 heavy (non-hydrogen) atoms. The molecule has 0 spiro atoms. The summed E-state index contributed by atoms with van der Waals surface area (Å²) in [6.07, 6.45) is 0. The van der Waals surface area contributed by atoms with Crippen molar-refractivity contribution in [1.82, 2.24) is 4.98 Å². The lowest BCUT2D eigenvalue weighted by Crippen LogP contribution is -2.14. The zero-order chi connectivity index (χ0) is 9.14. The molecule has 0 aliphatic rings. The van der Waals surface area contributed by atoms with Crippen molar-refractivity contribution >= 4 is 40.0 Å². The van der Waals surface area contributed by atoms with E-state index in [1.165, 1.54) is 0 Å². The summed E-state index contributed by atoms with van der Waals surface area (Å²) < 4.78 is 0. The highest BCUT2D eigenvalue weighted by molar-refractivity contribution is 8.68. The largest absolute Gasteiger partial charge is 0.364 e. The molecule has 0 bridgehead atoms. The van der Waals surface area contributed by atoms with Gasteiger partial charge in [0.25, 0.3) is 5.91 Å². The number of hydrogen-bond donors (Lipinski definition) is 2. The van der Waals surface area contributed by atoms with Gasteiger partial charge in [-0.1, -0.05) is 22.4 Å². The number of carbonyl (C=O) groups is 1. The second kappa shape index (κ2) is 4.02. The highest BCUT2D eigenvalue weighted by atomic mass is 35.5. The van der Waals surface area contributed by atoms with Crippen LogP contribution in [0.4, 0.5) is 0 Å². The maximum Gasteiger partial charge on any atom is 0.268 e. The molecule has 0 saturated carbocycles. The number of pyridine rings is 1. The minimum Gasteiger partial charge on any atom is -0.364 e. The van der Waals surface area contributed by atoms with Crippen LogP contribution in [0.3, 0.4) is 0 Å². The van der Waals surface area contributed by atoms with Gasteiger partial charge in [0.2, 0.25) is 0 Å². The van der Waals surface area contributed by atoms with Gasteiger partial charge >= 0.3 is 0 Å². The number of nitrogens with zero attached hydrogens (tertiary/aromatic N) is 1. The smallest absolute Gasteiger partial charge is 0.268 e. The maximum atomic E-state index is 10.8. The highest BCUT2D eigenvalue weighted by Crippen LogP contribution is 2.25. The quantitative estimate of drug-likeness (QED) is 0.454. The monoisotopic (exact) mass is 220 g/mol. The molecule has 2 N–H and O–H groups in total. The Morgan fingerprint density at radius 3 is 2.83 bits per heavy atom. The van der Waals surface area contributed by atoms with Gasteiger partial charge in [-0.15, -0.1) is 11.7 Å². The molecule has 0 radical (unpaired) electrons. The summed E-state index contributed by atoms with van der Waals surface area (Å²) in [7, 11) is 1.10. The molecule has 1 rings (SSSR count). The molecular weight excluding hydrogens is 216 g/mol. The first kappa shape index (κ1) is 9.70. The average Bonchev–Trinajstić information content (AvgIpc) is 2.04. The zero-order valence-electron chi connectivity index (χ0n) is 5.82. The summed E-state index contributed by atoms with van der Waals surface area (Å²) in [5, 5.41) is 0.245. The third kappa shape index (κ3) is 2.06. The number of aromatic nitrogens is 1. The van der Waals surface area contributed by atoms with Gasteiger partial charge in [-0.05, 0) is 12.1 Å². The number of thiol groups is 1. The number of carbonyl (C=O) groups excluding carboxylic acids is 1. The van der Waals surface area contributed by atoms with Crippen LogP contribution >= 0.6 is 34.1 Å². The van der Waals surface area contributed by atoms with E-state index in [-0.39, 0.29) is 10.8 Å². The zero-order valence-corrected chi connectivity index (χ0v) is 8.29. The molecule has 64 valence electrons. The van der Waals surface area contributed by atoms with Crippen LogP contribution in [0.25, 0.3) is 0 Å². The molecule has 0 atom stereocenters. The maximum absolute atomic E-state index is 10.8. The third-order valence-electron chi connectivity index (χ3n) is 1.16. The summed E-state index contributed by atoms with van der Waals surface area (Å²) in [6, 6.07) is 3.22. The molecule has 1 aromatic heterocycles. The number of halogens is 1. The lowest BCUT2D eigenvalue weighted by atomic mass is 10.3. The van der Waals surface area contributed by atoms with Gasteiger partial charge in [-0.2, -0.15) is 0 Å². The summed E-state index contributed by atoms with van der Waals surface area (Å²) in [4.78, 5) is 15.2. The number of rotatable bonds is 2. The predicted molar refractivity (Wildman–Crippen MR) is 52.6 cm³/mol. The minimum atomic E-state index is -0.603. The molecular formula is C6H5ClN2OS2. The Labute approximate surface area is 83.5 Å². The van der Waals surface area contributed by atoms with Crippen molar-refractivity contribution in [1.29, 1.82) is 0 Å². The van der Waals surface area contributed by atoms with Gasteiger partial charge in [0.15, 0.2) is 0 Å². The highest BCUT2D eigenvalue weighted by Gasteiger charge is 2.09. The Hall–Kier alpha value is -0.390. The standard InChI is InChI=1S/C6H5ClN2OS2/c7-4-2-1-3(12-11)5(9-4)6(8)10/h1-2,11H,(H2,8,10). The van der Waals surface area contributed by atoms with Crippen molar-refractivity contribution in [3.8, 4) is 0 Å². The van der Waals surface area contributed by atoms with Crippen molar-refractivity contribution in [3.63, 3.8) is 0 Å². The van der Waals surface area contributed by atoms with Crippen LogP contribution < -0.4 is 5.73 Å². The normalized spacial score (nSPS) is 9.83. The second-order valence-corrected chi connectivity index (χ2v) is 3.49. The number of nitrogens with two attached hydrogens (primary N) is 1. The van der Waals surface area contributed by atoms with Crippen LogP contribution in [0.15, 0.2) is 17.0 Å². The SMILES string of the molecule is NC(=O)c1nc(Cl)ccc1SS. The number of amides is 1. The topological polar surface area (TPSA) is 56.0 Å². The molecule has 1 aromatic rings. The van der Waals surface area contributed by atoms with Crippen LogP contribution in [0.1, 0.15) is 10.5 Å². The molecule has 0 aliphatic heterocycles. The summed E-state index contributed by atoms with van der Waals surface area (Å²) in [6.45, 7) is 0. The van der Waals surface area contributed by atoms with E-state index in [4.69, 9.17) is 17.3 Å². The van der Waals surface area contributed by atoms with Crippen molar-refractivity contribution < 1.29 is 4.79 Å². The average molecular weight is 221 g/mol. The van der Waals surface area contributed by atoms with E-state index in [0.717, 1.165) is 10.8 Å². The fourth-order valence-electron chi connectivity index (χ4n) is 0.673. The minimum absolute atomic E-state index is 0.155. The van der Waals surface area contributed by atoms with Crippen molar-refractivity contribution in [2.45, 2.75) is 4.90 Å². The first-order chi connectivity index (χ1) is 5.65. The van der Waals surface area contributed by atoms with E-state index in [1.807, 2.05) is 0 Å². The predicted octanol–water partition coefficient (Wildman–Crippen LogP) is 1.77. The first-order valence-electron chi connectivity index (χ1n) is 2.93. The Morgan fingerprint density at radius 1 is 1.67 bits per heavy atom. The lowest BCUT2D eigenvalue weighted by Gasteiger charge is -2.00. The van der Waals surface area contributed by atoms with Gasteiger partial charge in [0.1, 0.15) is 10.8 Å². The summed E-state index contributed by atoms with van der Waals surface area (Å²) >= 11 is 9.50. The molecule has 3 nitrogen and oxygen atoms in total. The Balaban J connectivity index is 3.21. The van der Waals surface area contributed by atoms with Gasteiger partial charge in [0.05, 0.1) is 0 Å². The van der Waals surface area contributed by atoms with Gasteiger partial charge in [0, 0.05) is 4.90 Å². The fourth-order valence-corrected chi connectivity index (χ4v) is 1.62. The van der Waals surface area contributed by atoms with Crippen LogP contribution in [0, 0.1) is 0 Å². The van der Waals surface area contributed by atoms with Gasteiger partial charge in [-0.25, -0.2) is 4.98 Å². The Morgan fingerprint density at radius 2 is 2.33 bits per heavy atom. The fraction of sp³-hybridized carbons (Fsp3) is 0. The van der Waals surface area contributed by atoms with Crippen LogP contribution in [0.5, 0.6) is 0 Å². The van der Waals surface area contributed by atoms with E-state index in [1.54, 1.807) is 12.1 Å². The first-order valence-corrected chi connectivity index (χ1v) is 5.17.